The van der Waals surface area contributed by atoms with Gasteiger partial charge < -0.3 is 10.2 Å². The molecule has 0 unspecified atom stereocenters. The van der Waals surface area contributed by atoms with Crippen LogP contribution in [0.15, 0.2) is 50.1 Å². The maximum absolute atomic E-state index is 11.2. The summed E-state index contributed by atoms with van der Waals surface area (Å²) in [5.41, 5.74) is 5.91. The molecule has 1 aromatic heterocycles. The first kappa shape index (κ1) is 12.0. The Morgan fingerprint density at radius 3 is 2.65 bits per heavy atom. The number of hydrogen-bond acceptors (Lipinski definition) is 6. The van der Waals surface area contributed by atoms with Gasteiger partial charge in [-0.25, -0.2) is 18.5 Å². The minimum absolute atomic E-state index is 0.0356. The number of benzene rings is 1. The number of oxazole rings is 1. The number of hydrogen-bond donors (Lipinski definition) is 2. The van der Waals surface area contributed by atoms with Gasteiger partial charge in [0.2, 0.25) is 10.0 Å². The molecule has 4 N–H and O–H groups in total. The minimum Gasteiger partial charge on any atom is -0.440 e. The summed E-state index contributed by atoms with van der Waals surface area (Å²) in [4.78, 5) is 4.47. The zero-order chi connectivity index (χ0) is 12.5. The number of sulfonamides is 1. The fourth-order valence-corrected chi connectivity index (χ4v) is 2.64. The van der Waals surface area contributed by atoms with Crippen molar-refractivity contribution in [3.05, 3.63) is 30.7 Å². The van der Waals surface area contributed by atoms with Gasteiger partial charge in [0.05, 0.1) is 11.1 Å². The first-order valence-corrected chi connectivity index (χ1v) is 6.82. The smallest absolute Gasteiger partial charge is 0.260 e. The summed E-state index contributed by atoms with van der Waals surface area (Å²) in [5, 5.41) is 5.44. The Bertz CT molecular complexity index is 623. The number of nitrogens with two attached hydrogens (primary N) is 2. The molecule has 0 fully saturated rings. The van der Waals surface area contributed by atoms with Crippen molar-refractivity contribution in [2.45, 2.75) is 15.0 Å². The van der Waals surface area contributed by atoms with Crippen LogP contribution >= 0.6 is 11.8 Å². The summed E-state index contributed by atoms with van der Waals surface area (Å²) in [6.07, 6.45) is 2.92. The zero-order valence-electron chi connectivity index (χ0n) is 8.53. The van der Waals surface area contributed by atoms with Crippen LogP contribution in [0.5, 0.6) is 0 Å². The Balaban J connectivity index is 2.39. The first-order valence-electron chi connectivity index (χ1n) is 4.46. The van der Waals surface area contributed by atoms with E-state index in [9.17, 15) is 8.42 Å². The lowest BCUT2D eigenvalue weighted by Crippen LogP contribution is -2.12. The molecule has 90 valence electrons. The van der Waals surface area contributed by atoms with E-state index >= 15 is 0 Å². The van der Waals surface area contributed by atoms with E-state index < -0.39 is 10.0 Å². The Morgan fingerprint density at radius 2 is 2.06 bits per heavy atom. The molecule has 2 aromatic rings. The van der Waals surface area contributed by atoms with Crippen molar-refractivity contribution in [3.63, 3.8) is 0 Å². The van der Waals surface area contributed by atoms with Crippen molar-refractivity contribution >= 4 is 27.5 Å². The van der Waals surface area contributed by atoms with Gasteiger partial charge in [-0.1, -0.05) is 0 Å². The van der Waals surface area contributed by atoms with Gasteiger partial charge in [-0.15, -0.1) is 0 Å². The average Bonchev–Trinajstić information content (AvgIpc) is 2.68. The molecule has 0 radical (unpaired) electrons. The molecular weight excluding hydrogens is 262 g/mol. The summed E-state index contributed by atoms with van der Waals surface area (Å²) < 4.78 is 27.5. The van der Waals surface area contributed by atoms with Gasteiger partial charge in [-0.05, 0) is 30.0 Å². The molecule has 0 aliphatic carbocycles. The Hall–Kier alpha value is -1.51. The van der Waals surface area contributed by atoms with E-state index in [1.165, 1.54) is 24.6 Å². The van der Waals surface area contributed by atoms with E-state index in [4.69, 9.17) is 15.3 Å². The van der Waals surface area contributed by atoms with Gasteiger partial charge in [0.1, 0.15) is 6.26 Å². The molecule has 8 heteroatoms. The van der Waals surface area contributed by atoms with Crippen LogP contribution in [0.4, 0.5) is 5.69 Å². The summed E-state index contributed by atoms with van der Waals surface area (Å²) in [5.74, 6) is 0. The summed E-state index contributed by atoms with van der Waals surface area (Å²) >= 11 is 1.16. The highest BCUT2D eigenvalue weighted by atomic mass is 32.2. The van der Waals surface area contributed by atoms with Gasteiger partial charge in [-0.3, -0.25) is 0 Å². The average molecular weight is 271 g/mol. The molecule has 0 aliphatic rings. The third-order valence-electron chi connectivity index (χ3n) is 1.85. The van der Waals surface area contributed by atoms with Crippen LogP contribution in [-0.2, 0) is 10.0 Å². The Labute approximate surface area is 102 Å². The zero-order valence-corrected chi connectivity index (χ0v) is 10.2. The van der Waals surface area contributed by atoms with E-state index in [0.29, 0.717) is 15.8 Å². The van der Waals surface area contributed by atoms with Gasteiger partial charge in [0.25, 0.3) is 5.22 Å². The second-order valence-electron chi connectivity index (χ2n) is 3.18. The molecule has 1 heterocycles. The van der Waals surface area contributed by atoms with Crippen molar-refractivity contribution in [2.24, 2.45) is 5.14 Å². The third kappa shape index (κ3) is 2.99. The van der Waals surface area contributed by atoms with Gasteiger partial charge in [0, 0.05) is 10.6 Å². The highest BCUT2D eigenvalue weighted by Crippen LogP contribution is 2.29. The van der Waals surface area contributed by atoms with Crippen LogP contribution < -0.4 is 10.9 Å². The molecule has 1 aromatic carbocycles. The van der Waals surface area contributed by atoms with Crippen LogP contribution in [-0.4, -0.2) is 13.4 Å². The molecule has 6 nitrogen and oxygen atoms in total. The summed E-state index contributed by atoms with van der Waals surface area (Å²) in [6, 6.07) is 4.33. The van der Waals surface area contributed by atoms with E-state index in [1.807, 2.05) is 0 Å². The fourth-order valence-electron chi connectivity index (χ4n) is 1.18. The molecule has 0 saturated heterocycles. The molecule has 0 bridgehead atoms. The molecule has 0 aliphatic heterocycles. The molecule has 0 spiro atoms. The number of nitrogens with zero attached hydrogens (tertiary/aromatic N) is 1. The Kier molecular flexibility index (Phi) is 3.09. The van der Waals surface area contributed by atoms with Gasteiger partial charge in [-0.2, -0.15) is 0 Å². The highest BCUT2D eigenvalue weighted by Gasteiger charge is 2.11. The molecule has 0 atom stereocenters. The van der Waals surface area contributed by atoms with Crippen molar-refractivity contribution < 1.29 is 12.8 Å². The molecule has 2 rings (SSSR count). The maximum Gasteiger partial charge on any atom is 0.260 e. The van der Waals surface area contributed by atoms with Crippen LogP contribution in [0.25, 0.3) is 0 Å². The maximum atomic E-state index is 11.2. The lowest BCUT2D eigenvalue weighted by molar-refractivity contribution is 0.454. The van der Waals surface area contributed by atoms with Crippen LogP contribution in [0.2, 0.25) is 0 Å². The van der Waals surface area contributed by atoms with E-state index in [0.717, 1.165) is 11.8 Å². The van der Waals surface area contributed by atoms with Gasteiger partial charge >= 0.3 is 0 Å². The quantitative estimate of drug-likeness (QED) is 0.807. The van der Waals surface area contributed by atoms with Crippen LogP contribution in [0.3, 0.4) is 0 Å². The first-order chi connectivity index (χ1) is 7.95. The largest absolute Gasteiger partial charge is 0.440 e. The van der Waals surface area contributed by atoms with Crippen molar-refractivity contribution in [3.8, 4) is 0 Å². The summed E-state index contributed by atoms with van der Waals surface area (Å²) in [7, 11) is -3.77. The predicted octanol–water partition coefficient (Wildman–Crippen LogP) is 1.06. The Morgan fingerprint density at radius 1 is 1.29 bits per heavy atom. The molecule has 0 saturated carbocycles. The van der Waals surface area contributed by atoms with Crippen LogP contribution in [0, 0.1) is 0 Å². The van der Waals surface area contributed by atoms with Crippen molar-refractivity contribution in [2.75, 3.05) is 5.73 Å². The van der Waals surface area contributed by atoms with E-state index in [-0.39, 0.29) is 4.90 Å². The lowest BCUT2D eigenvalue weighted by atomic mass is 10.3. The lowest BCUT2D eigenvalue weighted by Gasteiger charge is -2.03. The van der Waals surface area contributed by atoms with E-state index in [2.05, 4.69) is 4.98 Å². The number of rotatable bonds is 3. The van der Waals surface area contributed by atoms with Gasteiger partial charge in [0.15, 0.2) is 0 Å². The number of aromatic nitrogens is 1. The fraction of sp³-hybridized carbons (Fsp3) is 0. The van der Waals surface area contributed by atoms with Crippen molar-refractivity contribution in [1.29, 1.82) is 0 Å². The van der Waals surface area contributed by atoms with E-state index in [1.54, 1.807) is 6.07 Å². The number of primary sulfonamides is 1. The third-order valence-corrected chi connectivity index (χ3v) is 3.59. The molecule has 17 heavy (non-hydrogen) atoms. The monoisotopic (exact) mass is 271 g/mol. The van der Waals surface area contributed by atoms with Crippen LogP contribution in [0.1, 0.15) is 0 Å². The standard InChI is InChI=1S/C9H9N3O3S2/c10-6-3-7(16-9-12-1-2-15-9)5-8(4-6)17(11,13)14/h1-5H,10H2,(H2,11,13,14). The summed E-state index contributed by atoms with van der Waals surface area (Å²) in [6.45, 7) is 0. The number of anilines is 1. The van der Waals surface area contributed by atoms with Crippen molar-refractivity contribution in [1.82, 2.24) is 4.98 Å². The SMILES string of the molecule is Nc1cc(Sc2ncco2)cc(S(N)(=O)=O)c1. The second-order valence-corrected chi connectivity index (χ2v) is 5.77. The normalized spacial score (nSPS) is 11.6. The topological polar surface area (TPSA) is 112 Å². The second kappa shape index (κ2) is 4.40. The minimum atomic E-state index is -3.77. The predicted molar refractivity (Wildman–Crippen MR) is 62.9 cm³/mol. The number of nitrogen functional groups attached to an aromatic ring is 1. The highest BCUT2D eigenvalue weighted by molar-refractivity contribution is 7.99. The molecular formula is C9H9N3O3S2. The molecule has 0 amide bonds.